The fraction of sp³-hybridized carbons (Fsp3) is 0.125. The molecule has 0 unspecified atom stereocenters. The lowest BCUT2D eigenvalue weighted by molar-refractivity contribution is 0.405. The highest BCUT2D eigenvalue weighted by atomic mass is 35.7. The van der Waals surface area contributed by atoms with E-state index in [9.17, 15) is 8.42 Å². The number of hydrogen-bond acceptors (Lipinski definition) is 4. The van der Waals surface area contributed by atoms with E-state index in [1.54, 1.807) is 13.0 Å². The van der Waals surface area contributed by atoms with Gasteiger partial charge in [-0.25, -0.2) is 8.42 Å². The van der Waals surface area contributed by atoms with E-state index in [0.29, 0.717) is 11.3 Å². The van der Waals surface area contributed by atoms with Crippen LogP contribution in [0, 0.1) is 6.92 Å². The maximum atomic E-state index is 11.0. The normalized spacial score (nSPS) is 12.1. The van der Waals surface area contributed by atoms with Crippen LogP contribution in [-0.2, 0) is 9.05 Å². The minimum absolute atomic E-state index is 0.0277. The summed E-state index contributed by atoms with van der Waals surface area (Å²) in [5.41, 5.74) is 0.490. The van der Waals surface area contributed by atoms with Crippen LogP contribution in [-0.4, -0.2) is 13.6 Å². The molecule has 0 amide bonds. The highest BCUT2D eigenvalue weighted by Gasteiger charge is 2.12. The van der Waals surface area contributed by atoms with Gasteiger partial charge in [0.05, 0.1) is 4.90 Å². The van der Waals surface area contributed by atoms with Crippen LogP contribution in [0.5, 0.6) is 0 Å². The molecule has 0 aliphatic carbocycles. The van der Waals surface area contributed by atoms with Gasteiger partial charge in [0.2, 0.25) is 0 Å². The van der Waals surface area contributed by atoms with Crippen LogP contribution in [0.2, 0.25) is 0 Å². The van der Waals surface area contributed by atoms with Crippen molar-refractivity contribution in [3.05, 3.63) is 24.0 Å². The number of fused-ring (bicyclic) bond motifs is 1. The Bertz CT molecular complexity index is 588. The van der Waals surface area contributed by atoms with Crippen LogP contribution in [0.1, 0.15) is 5.76 Å². The third kappa shape index (κ3) is 1.49. The van der Waals surface area contributed by atoms with Crippen LogP contribution >= 0.6 is 10.7 Å². The summed E-state index contributed by atoms with van der Waals surface area (Å²) in [4.78, 5) is 0.0277. The van der Waals surface area contributed by atoms with Crippen molar-refractivity contribution in [1.82, 2.24) is 5.16 Å². The molecule has 0 saturated heterocycles. The van der Waals surface area contributed by atoms with Gasteiger partial charge < -0.3 is 4.52 Å². The Morgan fingerprint density at radius 1 is 1.43 bits per heavy atom. The zero-order chi connectivity index (χ0) is 10.3. The molecular weight excluding hydrogens is 226 g/mol. The summed E-state index contributed by atoms with van der Waals surface area (Å²) in [6.07, 6.45) is 0. The van der Waals surface area contributed by atoms with Gasteiger partial charge in [0, 0.05) is 16.1 Å². The van der Waals surface area contributed by atoms with E-state index in [2.05, 4.69) is 5.16 Å². The Kier molecular flexibility index (Phi) is 2.01. The van der Waals surface area contributed by atoms with E-state index in [0.717, 1.165) is 5.39 Å². The number of rotatable bonds is 1. The van der Waals surface area contributed by atoms with Gasteiger partial charge in [-0.15, -0.1) is 0 Å². The smallest absolute Gasteiger partial charge is 0.261 e. The Morgan fingerprint density at radius 3 is 2.79 bits per heavy atom. The summed E-state index contributed by atoms with van der Waals surface area (Å²) in [5, 5.41) is 4.48. The van der Waals surface area contributed by atoms with Gasteiger partial charge in [-0.1, -0.05) is 5.16 Å². The van der Waals surface area contributed by atoms with Gasteiger partial charge in [-0.2, -0.15) is 0 Å². The first kappa shape index (κ1) is 9.48. The molecule has 1 aromatic heterocycles. The van der Waals surface area contributed by atoms with Crippen molar-refractivity contribution in [3.8, 4) is 0 Å². The molecule has 1 heterocycles. The minimum atomic E-state index is -3.69. The minimum Gasteiger partial charge on any atom is -0.360 e. The molecule has 0 radical (unpaired) electrons. The summed E-state index contributed by atoms with van der Waals surface area (Å²) in [7, 11) is 1.49. The van der Waals surface area contributed by atoms with Crippen LogP contribution in [0.3, 0.4) is 0 Å². The van der Waals surface area contributed by atoms with Crippen molar-refractivity contribution in [2.24, 2.45) is 0 Å². The van der Waals surface area contributed by atoms with Gasteiger partial charge in [-0.3, -0.25) is 0 Å². The monoisotopic (exact) mass is 231 g/mol. The molecule has 0 saturated carbocycles. The van der Waals surface area contributed by atoms with Crippen molar-refractivity contribution in [2.45, 2.75) is 11.8 Å². The Labute approximate surface area is 84.9 Å². The van der Waals surface area contributed by atoms with Gasteiger partial charge in [0.1, 0.15) is 11.3 Å². The average Bonchev–Trinajstić information content (AvgIpc) is 2.46. The lowest BCUT2D eigenvalue weighted by atomic mass is 10.2. The first-order valence-corrected chi connectivity index (χ1v) is 6.10. The fourth-order valence-electron chi connectivity index (χ4n) is 1.20. The molecule has 14 heavy (non-hydrogen) atoms. The molecule has 0 aliphatic rings. The number of benzene rings is 1. The maximum absolute atomic E-state index is 11.0. The second-order valence-electron chi connectivity index (χ2n) is 2.86. The molecular formula is C8H6ClNO3S. The van der Waals surface area contributed by atoms with Crippen molar-refractivity contribution >= 4 is 30.6 Å². The van der Waals surface area contributed by atoms with Gasteiger partial charge in [0.15, 0.2) is 0 Å². The first-order chi connectivity index (χ1) is 6.48. The Morgan fingerprint density at radius 2 is 2.14 bits per heavy atom. The van der Waals surface area contributed by atoms with Gasteiger partial charge >= 0.3 is 0 Å². The maximum Gasteiger partial charge on any atom is 0.261 e. The molecule has 0 N–H and O–H groups in total. The third-order valence-electron chi connectivity index (χ3n) is 1.91. The molecule has 2 aromatic rings. The lowest BCUT2D eigenvalue weighted by Gasteiger charge is -1.94. The third-order valence-corrected chi connectivity index (χ3v) is 3.26. The highest BCUT2D eigenvalue weighted by molar-refractivity contribution is 8.13. The number of hydrogen-bond donors (Lipinski definition) is 0. The summed E-state index contributed by atoms with van der Waals surface area (Å²) < 4.78 is 26.9. The molecule has 0 atom stereocenters. The number of aromatic nitrogens is 1. The largest absolute Gasteiger partial charge is 0.360 e. The summed E-state index contributed by atoms with van der Waals surface area (Å²) in [6, 6.07) is 4.43. The summed E-state index contributed by atoms with van der Waals surface area (Å²) >= 11 is 0. The molecule has 0 bridgehead atoms. The topological polar surface area (TPSA) is 60.2 Å². The summed E-state index contributed by atoms with van der Waals surface area (Å²) in [5.74, 6) is 0.651. The van der Waals surface area contributed by atoms with Crippen LogP contribution < -0.4 is 0 Å². The fourth-order valence-corrected chi connectivity index (χ4v) is 1.97. The molecule has 0 aliphatic heterocycles. The Balaban J connectivity index is 2.76. The number of halogens is 1. The predicted octanol–water partition coefficient (Wildman–Crippen LogP) is 2.06. The summed E-state index contributed by atoms with van der Waals surface area (Å²) in [6.45, 7) is 1.75. The SMILES string of the molecule is Cc1onc2cc(S(=O)(=O)Cl)ccc12. The second kappa shape index (κ2) is 2.96. The zero-order valence-electron chi connectivity index (χ0n) is 7.19. The standard InChI is InChI=1S/C8H6ClNO3S/c1-5-7-3-2-6(14(9,11)12)4-8(7)10-13-5/h2-4H,1H3. The molecule has 74 valence electrons. The van der Waals surface area contributed by atoms with Crippen LogP contribution in [0.4, 0.5) is 0 Å². The molecule has 6 heteroatoms. The van der Waals surface area contributed by atoms with Gasteiger partial charge in [0.25, 0.3) is 9.05 Å². The predicted molar refractivity (Wildman–Crippen MR) is 51.8 cm³/mol. The van der Waals surface area contributed by atoms with Crippen molar-refractivity contribution < 1.29 is 12.9 Å². The van der Waals surface area contributed by atoms with Gasteiger partial charge in [-0.05, 0) is 25.1 Å². The zero-order valence-corrected chi connectivity index (χ0v) is 8.76. The van der Waals surface area contributed by atoms with E-state index in [1.807, 2.05) is 0 Å². The van der Waals surface area contributed by atoms with E-state index in [1.165, 1.54) is 12.1 Å². The number of aryl methyl sites for hydroxylation is 1. The second-order valence-corrected chi connectivity index (χ2v) is 5.42. The van der Waals surface area contributed by atoms with Crippen LogP contribution in [0.15, 0.2) is 27.6 Å². The van der Waals surface area contributed by atoms with E-state index >= 15 is 0 Å². The van der Waals surface area contributed by atoms with Crippen molar-refractivity contribution in [1.29, 1.82) is 0 Å². The van der Waals surface area contributed by atoms with Crippen molar-refractivity contribution in [2.75, 3.05) is 0 Å². The Hall–Kier alpha value is -1.07. The molecule has 1 aromatic carbocycles. The quantitative estimate of drug-likeness (QED) is 0.705. The van der Waals surface area contributed by atoms with Crippen molar-refractivity contribution in [3.63, 3.8) is 0 Å². The lowest BCUT2D eigenvalue weighted by Crippen LogP contribution is -1.89. The molecule has 0 spiro atoms. The first-order valence-electron chi connectivity index (χ1n) is 3.79. The highest BCUT2D eigenvalue weighted by Crippen LogP contribution is 2.22. The van der Waals surface area contributed by atoms with E-state index < -0.39 is 9.05 Å². The molecule has 4 nitrogen and oxygen atoms in total. The van der Waals surface area contributed by atoms with E-state index in [-0.39, 0.29) is 4.90 Å². The average molecular weight is 232 g/mol. The molecule has 0 fully saturated rings. The van der Waals surface area contributed by atoms with Crippen LogP contribution in [0.25, 0.3) is 10.9 Å². The van der Waals surface area contributed by atoms with E-state index in [4.69, 9.17) is 15.2 Å². The molecule has 2 rings (SSSR count). The number of nitrogens with zero attached hydrogens (tertiary/aromatic N) is 1.